The first-order valence-electron chi connectivity index (χ1n) is 16.4. The fourth-order valence-corrected chi connectivity index (χ4v) is 7.43. The molecule has 8 nitrogen and oxygen atoms in total. The Morgan fingerprint density at radius 3 is 2.04 bits per heavy atom. The number of carbonyl (C=O) groups is 2. The fraction of sp³-hybridized carbons (Fsp3) is 0.316. The summed E-state index contributed by atoms with van der Waals surface area (Å²) in [6, 6.07) is 28.8. The van der Waals surface area contributed by atoms with E-state index in [1.807, 2.05) is 67.6 Å². The summed E-state index contributed by atoms with van der Waals surface area (Å²) in [5, 5.41) is 3.21. The number of ether oxygens (including phenoxy) is 1. The Bertz CT molecular complexity index is 1730. The average Bonchev–Trinajstić information content (AvgIpc) is 3.11. The molecule has 252 valence electrons. The van der Waals surface area contributed by atoms with Crippen LogP contribution >= 0.6 is 0 Å². The third-order valence-electron chi connectivity index (χ3n) is 8.53. The quantitative estimate of drug-likeness (QED) is 0.165. The minimum Gasteiger partial charge on any atom is -0.494 e. The van der Waals surface area contributed by atoms with Gasteiger partial charge in [-0.25, -0.2) is 12.8 Å². The number of halogens is 1. The molecule has 10 heteroatoms. The van der Waals surface area contributed by atoms with E-state index in [4.69, 9.17) is 4.74 Å². The number of nitrogens with zero attached hydrogens (tertiary/aromatic N) is 2. The summed E-state index contributed by atoms with van der Waals surface area (Å²) in [7, 11) is -4.32. The molecule has 0 unspecified atom stereocenters. The zero-order chi connectivity index (χ0) is 33.9. The number of anilines is 1. The Kier molecular flexibility index (Phi) is 11.8. The molecule has 1 aliphatic rings. The van der Waals surface area contributed by atoms with E-state index >= 15 is 0 Å². The normalized spacial score (nSPS) is 14.1. The maximum atomic E-state index is 14.6. The molecule has 1 saturated carbocycles. The van der Waals surface area contributed by atoms with Crippen LogP contribution < -0.4 is 14.4 Å². The van der Waals surface area contributed by atoms with E-state index in [1.54, 1.807) is 12.1 Å². The van der Waals surface area contributed by atoms with Gasteiger partial charge in [-0.2, -0.15) is 0 Å². The van der Waals surface area contributed by atoms with Gasteiger partial charge in [0.1, 0.15) is 24.2 Å². The van der Waals surface area contributed by atoms with Crippen molar-refractivity contribution in [2.75, 3.05) is 17.5 Å². The molecule has 1 atom stereocenters. The second kappa shape index (κ2) is 16.4. The molecule has 1 aliphatic carbocycles. The van der Waals surface area contributed by atoms with Crippen molar-refractivity contribution in [3.8, 4) is 5.75 Å². The summed E-state index contributed by atoms with van der Waals surface area (Å²) < 4.78 is 48.9. The van der Waals surface area contributed by atoms with Crippen LogP contribution in [0.4, 0.5) is 10.1 Å². The van der Waals surface area contributed by atoms with Crippen LogP contribution in [-0.2, 0) is 32.6 Å². The van der Waals surface area contributed by atoms with Crippen LogP contribution in [0.3, 0.4) is 0 Å². The monoisotopic (exact) mass is 671 g/mol. The topological polar surface area (TPSA) is 96.0 Å². The number of benzene rings is 4. The minimum atomic E-state index is -4.32. The zero-order valence-corrected chi connectivity index (χ0v) is 27.9. The van der Waals surface area contributed by atoms with Crippen LogP contribution in [0, 0.1) is 5.82 Å². The summed E-state index contributed by atoms with van der Waals surface area (Å²) >= 11 is 0. The highest BCUT2D eigenvalue weighted by Gasteiger charge is 2.35. The molecular weight excluding hydrogens is 629 g/mol. The highest BCUT2D eigenvalue weighted by atomic mass is 32.2. The van der Waals surface area contributed by atoms with Crippen LogP contribution in [-0.4, -0.2) is 50.4 Å². The molecule has 0 aromatic heterocycles. The third kappa shape index (κ3) is 9.01. The number of sulfonamides is 1. The molecule has 0 aliphatic heterocycles. The Morgan fingerprint density at radius 1 is 0.833 bits per heavy atom. The lowest BCUT2D eigenvalue weighted by Crippen LogP contribution is -2.55. The van der Waals surface area contributed by atoms with Gasteiger partial charge in [0, 0.05) is 19.0 Å². The lowest BCUT2D eigenvalue weighted by Gasteiger charge is -2.35. The molecule has 4 aromatic carbocycles. The molecule has 0 heterocycles. The number of nitrogens with one attached hydrogen (secondary N) is 1. The fourth-order valence-electron chi connectivity index (χ4n) is 6.02. The van der Waals surface area contributed by atoms with Crippen LogP contribution in [0.1, 0.15) is 50.2 Å². The van der Waals surface area contributed by atoms with Crippen LogP contribution in [0.2, 0.25) is 0 Å². The average molecular weight is 672 g/mol. The first kappa shape index (κ1) is 34.6. The molecule has 5 rings (SSSR count). The van der Waals surface area contributed by atoms with Crippen molar-refractivity contribution in [2.45, 2.75) is 69.0 Å². The molecular formula is C38H42FN3O5S. The van der Waals surface area contributed by atoms with Gasteiger partial charge in [0.2, 0.25) is 11.8 Å². The van der Waals surface area contributed by atoms with E-state index in [0.29, 0.717) is 12.4 Å². The predicted octanol–water partition coefficient (Wildman–Crippen LogP) is 6.51. The smallest absolute Gasteiger partial charge is 0.264 e. The molecule has 48 heavy (non-hydrogen) atoms. The Morgan fingerprint density at radius 2 is 1.44 bits per heavy atom. The number of carbonyl (C=O) groups excluding carboxylic acids is 2. The van der Waals surface area contributed by atoms with Crippen molar-refractivity contribution in [3.05, 3.63) is 126 Å². The summed E-state index contributed by atoms with van der Waals surface area (Å²) in [6.45, 7) is 1.71. The Hall–Kier alpha value is -4.70. The summed E-state index contributed by atoms with van der Waals surface area (Å²) in [4.78, 5) is 30.2. The van der Waals surface area contributed by atoms with E-state index in [9.17, 15) is 22.4 Å². The van der Waals surface area contributed by atoms with Gasteiger partial charge in [-0.15, -0.1) is 0 Å². The van der Waals surface area contributed by atoms with E-state index < -0.39 is 34.3 Å². The second-order valence-corrected chi connectivity index (χ2v) is 13.8. The lowest BCUT2D eigenvalue weighted by molar-refractivity contribution is -0.140. The van der Waals surface area contributed by atoms with E-state index in [1.165, 1.54) is 29.2 Å². The molecule has 1 fully saturated rings. The molecule has 1 N–H and O–H groups in total. The highest BCUT2D eigenvalue weighted by molar-refractivity contribution is 7.92. The third-order valence-corrected chi connectivity index (χ3v) is 10.3. The number of hydrogen-bond acceptors (Lipinski definition) is 5. The van der Waals surface area contributed by atoms with Crippen molar-refractivity contribution < 1.29 is 27.1 Å². The first-order chi connectivity index (χ1) is 23.2. The predicted molar refractivity (Wildman–Crippen MR) is 184 cm³/mol. The maximum absolute atomic E-state index is 14.6. The van der Waals surface area contributed by atoms with Gasteiger partial charge < -0.3 is 15.0 Å². The van der Waals surface area contributed by atoms with Gasteiger partial charge in [-0.3, -0.25) is 13.9 Å². The highest BCUT2D eigenvalue weighted by Crippen LogP contribution is 2.27. The Balaban J connectivity index is 1.54. The second-order valence-electron chi connectivity index (χ2n) is 11.9. The maximum Gasteiger partial charge on any atom is 0.264 e. The van der Waals surface area contributed by atoms with Crippen molar-refractivity contribution >= 4 is 27.5 Å². The molecule has 0 radical (unpaired) electrons. The van der Waals surface area contributed by atoms with Gasteiger partial charge in [0.25, 0.3) is 10.0 Å². The van der Waals surface area contributed by atoms with Gasteiger partial charge in [-0.05, 0) is 79.4 Å². The van der Waals surface area contributed by atoms with Crippen molar-refractivity contribution in [1.29, 1.82) is 0 Å². The summed E-state index contributed by atoms with van der Waals surface area (Å²) in [5.74, 6) is -0.894. The molecule has 0 spiro atoms. The zero-order valence-electron chi connectivity index (χ0n) is 27.1. The van der Waals surface area contributed by atoms with Crippen LogP contribution in [0.15, 0.2) is 114 Å². The molecule has 2 amide bonds. The van der Waals surface area contributed by atoms with Gasteiger partial charge >= 0.3 is 0 Å². The molecule has 0 saturated heterocycles. The number of rotatable bonds is 14. The SMILES string of the molecule is CCOc1ccc(S(=O)(=O)N(CC(=O)N(Cc2ccccc2)[C@H](Cc2ccccc2)C(=O)NC2CCCCC2)c2ccc(F)cc2)cc1. The van der Waals surface area contributed by atoms with Crippen molar-refractivity contribution in [3.63, 3.8) is 0 Å². The van der Waals surface area contributed by atoms with E-state index in [-0.39, 0.29) is 35.5 Å². The Labute approximate surface area is 282 Å². The van der Waals surface area contributed by atoms with Crippen LogP contribution in [0.5, 0.6) is 5.75 Å². The van der Waals surface area contributed by atoms with Crippen molar-refractivity contribution in [1.82, 2.24) is 10.2 Å². The lowest BCUT2D eigenvalue weighted by atomic mass is 9.94. The van der Waals surface area contributed by atoms with Gasteiger partial charge in [-0.1, -0.05) is 79.9 Å². The number of amides is 2. The first-order valence-corrected chi connectivity index (χ1v) is 17.9. The number of hydrogen-bond donors (Lipinski definition) is 1. The summed E-state index contributed by atoms with van der Waals surface area (Å²) in [5.41, 5.74) is 1.77. The standard InChI is InChI=1S/C38H42FN3O5S/c1-2-47-34-22-24-35(25-23-34)48(45,46)42(33-20-18-31(39)19-21-33)28-37(43)41(27-30-14-8-4-9-15-30)36(26-29-12-6-3-7-13-29)38(44)40-32-16-10-5-11-17-32/h3-4,6-9,12-15,18-25,32,36H,2,5,10-11,16-17,26-28H2,1H3,(H,40,44)/t36-/m1/s1. The summed E-state index contributed by atoms with van der Waals surface area (Å²) in [6.07, 6.45) is 5.15. The minimum absolute atomic E-state index is 0.00829. The van der Waals surface area contributed by atoms with Crippen molar-refractivity contribution in [2.24, 2.45) is 0 Å². The van der Waals surface area contributed by atoms with Crippen LogP contribution in [0.25, 0.3) is 0 Å². The molecule has 0 bridgehead atoms. The van der Waals surface area contributed by atoms with Gasteiger partial charge in [0.15, 0.2) is 0 Å². The van der Waals surface area contributed by atoms with E-state index in [2.05, 4.69) is 5.32 Å². The van der Waals surface area contributed by atoms with Gasteiger partial charge in [0.05, 0.1) is 17.2 Å². The largest absolute Gasteiger partial charge is 0.494 e. The van der Waals surface area contributed by atoms with E-state index in [0.717, 1.165) is 59.7 Å². The molecule has 4 aromatic rings.